The van der Waals surface area contributed by atoms with Gasteiger partial charge in [-0.25, -0.2) is 0 Å². The van der Waals surface area contributed by atoms with Crippen LogP contribution < -0.4 is 0 Å². The molecule has 172 valence electrons. The first kappa shape index (κ1) is 19.6. The molecule has 6 aromatic carbocycles. The van der Waals surface area contributed by atoms with E-state index in [0.717, 1.165) is 21.7 Å². The highest BCUT2D eigenvalue weighted by atomic mass is 35.5. The summed E-state index contributed by atoms with van der Waals surface area (Å²) in [5, 5.41) is 10.8. The predicted octanol–water partition coefficient (Wildman–Crippen LogP) is 9.74. The quantitative estimate of drug-likeness (QED) is 0.216. The molecule has 0 bridgehead atoms. The van der Waals surface area contributed by atoms with Crippen LogP contribution in [-0.4, -0.2) is 8.97 Å². The molecule has 0 saturated heterocycles. The number of hydrogen-bond donors (Lipinski definition) is 0. The van der Waals surface area contributed by atoms with Crippen molar-refractivity contribution in [3.8, 4) is 5.69 Å². The van der Waals surface area contributed by atoms with Crippen molar-refractivity contribution in [1.29, 1.82) is 0 Å². The number of aromatic nitrogens is 2. The number of nitrogens with zero attached hydrogens (tertiary/aromatic N) is 2. The van der Waals surface area contributed by atoms with Gasteiger partial charge in [-0.3, -0.25) is 0 Å². The summed E-state index contributed by atoms with van der Waals surface area (Å²) in [6.07, 6.45) is 0. The summed E-state index contributed by atoms with van der Waals surface area (Å²) in [7, 11) is 0. The molecule has 0 amide bonds. The maximum atomic E-state index is 6.94. The zero-order valence-corrected chi connectivity index (χ0v) is 20.5. The minimum atomic E-state index is 0.735. The lowest BCUT2D eigenvalue weighted by atomic mass is 9.99. The topological polar surface area (TPSA) is 9.34 Å². The first-order valence-corrected chi connectivity index (χ1v) is 13.0. The molecule has 0 radical (unpaired) electrons. The van der Waals surface area contributed by atoms with E-state index in [9.17, 15) is 0 Å². The standard InChI is InChI=1S/C34H19ClN2/c35-21-18-29-32-30(19-21)37-28-16-7-6-13-24(28)25-14-8-15-26(33(25)37)27-17-20-9-4-5-12-23(20)34(31(27)32)36(29)22-10-2-1-3-11-22/h1-19H. The molecule has 0 aliphatic heterocycles. The lowest BCUT2D eigenvalue weighted by molar-refractivity contribution is 1.19. The third kappa shape index (κ3) is 2.37. The van der Waals surface area contributed by atoms with Crippen molar-refractivity contribution >= 4 is 82.3 Å². The molecule has 3 aromatic heterocycles. The molecule has 9 aromatic rings. The second kappa shape index (κ2) is 6.82. The van der Waals surface area contributed by atoms with Crippen molar-refractivity contribution in [3.05, 3.63) is 120 Å². The van der Waals surface area contributed by atoms with Gasteiger partial charge in [0.25, 0.3) is 0 Å². The molecule has 0 fully saturated rings. The maximum absolute atomic E-state index is 6.94. The number of halogens is 1. The fraction of sp³-hybridized carbons (Fsp3) is 0. The van der Waals surface area contributed by atoms with Gasteiger partial charge in [0.05, 0.1) is 27.6 Å². The third-order valence-corrected chi connectivity index (χ3v) is 8.26. The second-order valence-corrected chi connectivity index (χ2v) is 10.3. The van der Waals surface area contributed by atoms with Crippen LogP contribution in [0.1, 0.15) is 0 Å². The van der Waals surface area contributed by atoms with Crippen molar-refractivity contribution < 1.29 is 0 Å². The van der Waals surface area contributed by atoms with E-state index >= 15 is 0 Å². The van der Waals surface area contributed by atoms with Gasteiger partial charge in [-0.05, 0) is 47.2 Å². The van der Waals surface area contributed by atoms with Gasteiger partial charge in [0, 0.05) is 43.0 Å². The Morgan fingerprint density at radius 1 is 0.459 bits per heavy atom. The first-order chi connectivity index (χ1) is 18.3. The van der Waals surface area contributed by atoms with Crippen molar-refractivity contribution in [2.24, 2.45) is 0 Å². The molecule has 3 heteroatoms. The van der Waals surface area contributed by atoms with E-state index in [2.05, 4.69) is 124 Å². The van der Waals surface area contributed by atoms with Gasteiger partial charge in [0.1, 0.15) is 0 Å². The largest absolute Gasteiger partial charge is 0.308 e. The summed E-state index contributed by atoms with van der Waals surface area (Å²) >= 11 is 6.94. The van der Waals surface area contributed by atoms with Crippen LogP contribution in [0, 0.1) is 0 Å². The van der Waals surface area contributed by atoms with Crippen LogP contribution in [0.5, 0.6) is 0 Å². The molecule has 0 atom stereocenters. The number of hydrogen-bond acceptors (Lipinski definition) is 0. The Labute approximate surface area is 216 Å². The van der Waals surface area contributed by atoms with Gasteiger partial charge >= 0.3 is 0 Å². The van der Waals surface area contributed by atoms with Crippen molar-refractivity contribution in [2.45, 2.75) is 0 Å². The van der Waals surface area contributed by atoms with Gasteiger partial charge in [0.15, 0.2) is 0 Å². The summed E-state index contributed by atoms with van der Waals surface area (Å²) in [4.78, 5) is 0. The molecular weight excluding hydrogens is 472 g/mol. The number of rotatable bonds is 1. The number of para-hydroxylation sites is 3. The lowest BCUT2D eigenvalue weighted by Gasteiger charge is -2.11. The Hall–Kier alpha value is -4.53. The van der Waals surface area contributed by atoms with Crippen LogP contribution >= 0.6 is 11.6 Å². The van der Waals surface area contributed by atoms with Gasteiger partial charge in [0.2, 0.25) is 0 Å². The monoisotopic (exact) mass is 490 g/mol. The number of fused-ring (bicyclic) bond motifs is 7. The fourth-order valence-corrected chi connectivity index (χ4v) is 6.87. The SMILES string of the molecule is Clc1cc2c3c4c(cc5ccccc5c4n2-c2ccccc2)c2cccc4c5ccccc5n(c3c1)c24. The van der Waals surface area contributed by atoms with Crippen LogP contribution in [0.3, 0.4) is 0 Å². The minimum Gasteiger partial charge on any atom is -0.308 e. The van der Waals surface area contributed by atoms with Crippen molar-refractivity contribution in [1.82, 2.24) is 8.97 Å². The highest BCUT2D eigenvalue weighted by Gasteiger charge is 2.23. The van der Waals surface area contributed by atoms with Gasteiger partial charge in [-0.2, -0.15) is 0 Å². The molecule has 0 aliphatic rings. The summed E-state index contributed by atoms with van der Waals surface area (Å²) in [6.45, 7) is 0. The van der Waals surface area contributed by atoms with E-state index < -0.39 is 0 Å². The molecule has 2 nitrogen and oxygen atoms in total. The van der Waals surface area contributed by atoms with Crippen LogP contribution in [0.2, 0.25) is 5.02 Å². The Kier molecular flexibility index (Phi) is 3.62. The van der Waals surface area contributed by atoms with Crippen LogP contribution in [0.4, 0.5) is 0 Å². The average molecular weight is 491 g/mol. The number of benzene rings is 6. The molecule has 3 heterocycles. The van der Waals surface area contributed by atoms with Crippen molar-refractivity contribution in [2.75, 3.05) is 0 Å². The molecule has 0 spiro atoms. The molecule has 0 saturated carbocycles. The van der Waals surface area contributed by atoms with Crippen LogP contribution in [-0.2, 0) is 0 Å². The lowest BCUT2D eigenvalue weighted by Crippen LogP contribution is -1.95. The zero-order valence-electron chi connectivity index (χ0n) is 19.7. The Balaban J connectivity index is 1.76. The summed E-state index contributed by atoms with van der Waals surface area (Å²) in [6, 6.07) is 41.5. The smallest absolute Gasteiger partial charge is 0.0626 e. The third-order valence-electron chi connectivity index (χ3n) is 8.04. The average Bonchev–Trinajstić information content (AvgIpc) is 3.42. The Morgan fingerprint density at radius 2 is 1.14 bits per heavy atom. The molecule has 0 aliphatic carbocycles. The molecule has 9 rings (SSSR count). The van der Waals surface area contributed by atoms with E-state index in [1.165, 1.54) is 59.6 Å². The minimum absolute atomic E-state index is 0.735. The van der Waals surface area contributed by atoms with Crippen LogP contribution in [0.15, 0.2) is 115 Å². The van der Waals surface area contributed by atoms with E-state index in [4.69, 9.17) is 11.6 Å². The van der Waals surface area contributed by atoms with E-state index in [1.54, 1.807) is 0 Å². The normalized spacial score (nSPS) is 12.5. The summed E-state index contributed by atoms with van der Waals surface area (Å²) in [5.74, 6) is 0. The van der Waals surface area contributed by atoms with Crippen LogP contribution in [0.25, 0.3) is 76.4 Å². The van der Waals surface area contributed by atoms with Gasteiger partial charge in [-0.15, -0.1) is 0 Å². The molecular formula is C34H19ClN2. The predicted molar refractivity (Wildman–Crippen MR) is 158 cm³/mol. The van der Waals surface area contributed by atoms with Gasteiger partial charge in [-0.1, -0.05) is 90.5 Å². The molecule has 0 N–H and O–H groups in total. The zero-order chi connectivity index (χ0) is 24.2. The van der Waals surface area contributed by atoms with Gasteiger partial charge < -0.3 is 8.97 Å². The molecule has 0 unspecified atom stereocenters. The maximum Gasteiger partial charge on any atom is 0.0626 e. The fourth-order valence-electron chi connectivity index (χ4n) is 6.67. The van der Waals surface area contributed by atoms with E-state index in [1.807, 2.05) is 0 Å². The Morgan fingerprint density at radius 3 is 2.00 bits per heavy atom. The molecule has 37 heavy (non-hydrogen) atoms. The van der Waals surface area contributed by atoms with E-state index in [-0.39, 0.29) is 0 Å². The van der Waals surface area contributed by atoms with Crippen molar-refractivity contribution in [3.63, 3.8) is 0 Å². The Bertz CT molecular complexity index is 2360. The highest BCUT2D eigenvalue weighted by molar-refractivity contribution is 6.38. The highest BCUT2D eigenvalue weighted by Crippen LogP contribution is 2.47. The van der Waals surface area contributed by atoms with E-state index in [0.29, 0.717) is 0 Å². The second-order valence-electron chi connectivity index (χ2n) is 9.91. The first-order valence-electron chi connectivity index (χ1n) is 12.6. The summed E-state index contributed by atoms with van der Waals surface area (Å²) < 4.78 is 4.84. The summed E-state index contributed by atoms with van der Waals surface area (Å²) in [5.41, 5.74) is 7.06.